The largest absolute Gasteiger partial charge is 0.461 e. The SMILES string of the molecule is CCOC(=O)C(F)(F)[S@@](C)=O. The average molecular weight is 186 g/mol. The summed E-state index contributed by atoms with van der Waals surface area (Å²) in [4.78, 5) is 10.3. The van der Waals surface area contributed by atoms with Gasteiger partial charge in [-0.15, -0.1) is 0 Å². The van der Waals surface area contributed by atoms with Crippen molar-refractivity contribution in [2.24, 2.45) is 0 Å². The van der Waals surface area contributed by atoms with Crippen LogP contribution in [0.3, 0.4) is 0 Å². The Hall–Kier alpha value is -0.520. The first-order valence-corrected chi connectivity index (χ1v) is 4.37. The summed E-state index contributed by atoms with van der Waals surface area (Å²) in [6.45, 7) is 1.25. The maximum absolute atomic E-state index is 12.4. The molecule has 66 valence electrons. The lowest BCUT2D eigenvalue weighted by atomic mass is 10.7. The molecule has 0 fully saturated rings. The molecule has 11 heavy (non-hydrogen) atoms. The highest BCUT2D eigenvalue weighted by atomic mass is 32.2. The first-order chi connectivity index (χ1) is 4.92. The van der Waals surface area contributed by atoms with Crippen LogP contribution in [-0.2, 0) is 20.3 Å². The molecule has 3 nitrogen and oxygen atoms in total. The molecule has 1 atom stereocenters. The van der Waals surface area contributed by atoms with E-state index >= 15 is 0 Å². The van der Waals surface area contributed by atoms with Gasteiger partial charge < -0.3 is 4.74 Å². The number of carbonyl (C=O) groups excluding carboxylic acids is 1. The quantitative estimate of drug-likeness (QED) is 0.603. The van der Waals surface area contributed by atoms with E-state index in [4.69, 9.17) is 0 Å². The maximum Gasteiger partial charge on any atom is 0.415 e. The van der Waals surface area contributed by atoms with Gasteiger partial charge >= 0.3 is 11.2 Å². The van der Waals surface area contributed by atoms with Crippen LogP contribution in [0.15, 0.2) is 0 Å². The minimum atomic E-state index is -3.88. The van der Waals surface area contributed by atoms with Crippen molar-refractivity contribution >= 4 is 16.8 Å². The lowest BCUT2D eigenvalue weighted by Crippen LogP contribution is -2.34. The van der Waals surface area contributed by atoms with Crippen LogP contribution < -0.4 is 0 Å². The van der Waals surface area contributed by atoms with Crippen LogP contribution in [0.1, 0.15) is 6.92 Å². The predicted octanol–water partition coefficient (Wildman–Crippen LogP) is 0.521. The van der Waals surface area contributed by atoms with E-state index in [0.29, 0.717) is 0 Å². The number of rotatable bonds is 3. The van der Waals surface area contributed by atoms with Crippen molar-refractivity contribution in [3.8, 4) is 0 Å². The van der Waals surface area contributed by atoms with Crippen LogP contribution in [0.25, 0.3) is 0 Å². The molecular weight excluding hydrogens is 178 g/mol. The molecule has 0 saturated carbocycles. The number of carbonyl (C=O) groups is 1. The Morgan fingerprint density at radius 2 is 2.09 bits per heavy atom. The summed E-state index contributed by atoms with van der Waals surface area (Å²) in [5, 5.41) is -3.88. The smallest absolute Gasteiger partial charge is 0.415 e. The fraction of sp³-hybridized carbons (Fsp3) is 0.800. The highest BCUT2D eigenvalue weighted by molar-refractivity contribution is 7.86. The minimum Gasteiger partial charge on any atom is -0.461 e. The van der Waals surface area contributed by atoms with Crippen LogP contribution in [0.4, 0.5) is 8.78 Å². The van der Waals surface area contributed by atoms with Crippen LogP contribution in [-0.4, -0.2) is 28.3 Å². The van der Waals surface area contributed by atoms with Crippen molar-refractivity contribution in [3.05, 3.63) is 0 Å². The molecule has 0 heterocycles. The van der Waals surface area contributed by atoms with E-state index in [9.17, 15) is 17.8 Å². The monoisotopic (exact) mass is 186 g/mol. The topological polar surface area (TPSA) is 43.4 Å². The molecule has 0 saturated heterocycles. The number of alkyl halides is 2. The average Bonchev–Trinajstić information content (AvgIpc) is 1.88. The summed E-state index contributed by atoms with van der Waals surface area (Å²) in [5.74, 6) is -1.74. The summed E-state index contributed by atoms with van der Waals surface area (Å²) >= 11 is 0. The van der Waals surface area contributed by atoms with Crippen molar-refractivity contribution in [2.75, 3.05) is 12.9 Å². The maximum atomic E-state index is 12.4. The van der Waals surface area contributed by atoms with E-state index in [1.165, 1.54) is 6.92 Å². The van der Waals surface area contributed by atoms with Gasteiger partial charge in [0.05, 0.1) is 17.4 Å². The van der Waals surface area contributed by atoms with Gasteiger partial charge in [-0.1, -0.05) is 0 Å². The van der Waals surface area contributed by atoms with Gasteiger partial charge in [-0.05, 0) is 6.92 Å². The zero-order valence-electron chi connectivity index (χ0n) is 6.10. The van der Waals surface area contributed by atoms with Gasteiger partial charge in [-0.25, -0.2) is 4.79 Å². The van der Waals surface area contributed by atoms with Gasteiger partial charge in [0.2, 0.25) is 0 Å². The molecule has 0 aromatic rings. The molecule has 0 radical (unpaired) electrons. The molecule has 0 spiro atoms. The normalized spacial score (nSPS) is 14.2. The molecule has 0 aliphatic rings. The Bertz CT molecular complexity index is 181. The molecule has 0 rings (SSSR count). The highest BCUT2D eigenvalue weighted by Gasteiger charge is 2.45. The zero-order valence-corrected chi connectivity index (χ0v) is 6.91. The first-order valence-electron chi connectivity index (χ1n) is 2.81. The number of hydrogen-bond donors (Lipinski definition) is 0. The van der Waals surface area contributed by atoms with Crippen molar-refractivity contribution in [1.82, 2.24) is 0 Å². The van der Waals surface area contributed by atoms with Gasteiger partial charge in [0.25, 0.3) is 0 Å². The standard InChI is InChI=1S/C5H8F2O3S/c1-3-10-4(8)5(6,7)11(2)9/h3H2,1-2H3/t11-/m1/s1. The summed E-state index contributed by atoms with van der Waals surface area (Å²) in [6, 6.07) is 0. The second-order valence-electron chi connectivity index (χ2n) is 1.69. The molecule has 0 N–H and O–H groups in total. The first kappa shape index (κ1) is 10.5. The number of ether oxygens (including phenoxy) is 1. The van der Waals surface area contributed by atoms with E-state index in [2.05, 4.69) is 4.74 Å². The second-order valence-corrected chi connectivity index (χ2v) is 3.11. The molecule has 0 aliphatic carbocycles. The Labute approximate surface area is 65.2 Å². The van der Waals surface area contributed by atoms with E-state index in [1.54, 1.807) is 0 Å². The molecule has 0 aromatic heterocycles. The summed E-state index contributed by atoms with van der Waals surface area (Å²) in [7, 11) is -2.52. The molecule has 0 amide bonds. The second kappa shape index (κ2) is 3.75. The molecule has 0 unspecified atom stereocenters. The Balaban J connectivity index is 4.30. The molecule has 0 aliphatic heterocycles. The zero-order chi connectivity index (χ0) is 9.07. The lowest BCUT2D eigenvalue weighted by Gasteiger charge is -2.10. The van der Waals surface area contributed by atoms with Gasteiger partial charge in [-0.2, -0.15) is 8.78 Å². The fourth-order valence-electron chi connectivity index (χ4n) is 0.332. The van der Waals surface area contributed by atoms with Crippen molar-refractivity contribution in [2.45, 2.75) is 12.2 Å². The van der Waals surface area contributed by atoms with Crippen LogP contribution >= 0.6 is 0 Å². The van der Waals surface area contributed by atoms with Crippen LogP contribution in [0.2, 0.25) is 0 Å². The van der Waals surface area contributed by atoms with Crippen LogP contribution in [0.5, 0.6) is 0 Å². The van der Waals surface area contributed by atoms with Crippen LogP contribution in [0, 0.1) is 0 Å². The highest BCUT2D eigenvalue weighted by Crippen LogP contribution is 2.18. The predicted molar refractivity (Wildman–Crippen MR) is 35.6 cm³/mol. The minimum absolute atomic E-state index is 0.147. The van der Waals surface area contributed by atoms with Gasteiger partial charge in [-0.3, -0.25) is 4.21 Å². The van der Waals surface area contributed by atoms with E-state index < -0.39 is 22.0 Å². The van der Waals surface area contributed by atoms with E-state index in [1.807, 2.05) is 0 Å². The van der Waals surface area contributed by atoms with Gasteiger partial charge in [0.1, 0.15) is 0 Å². The molecule has 0 bridgehead atoms. The van der Waals surface area contributed by atoms with E-state index in [0.717, 1.165) is 6.26 Å². The third kappa shape index (κ3) is 2.53. The Kier molecular flexibility index (Phi) is 3.57. The fourth-order valence-corrected chi connectivity index (χ4v) is 0.626. The molecule has 0 aromatic carbocycles. The Morgan fingerprint density at radius 1 is 1.64 bits per heavy atom. The lowest BCUT2D eigenvalue weighted by molar-refractivity contribution is -0.159. The Morgan fingerprint density at radius 3 is 2.36 bits per heavy atom. The number of esters is 1. The van der Waals surface area contributed by atoms with Crippen molar-refractivity contribution in [3.63, 3.8) is 0 Å². The third-order valence-corrected chi connectivity index (χ3v) is 1.76. The van der Waals surface area contributed by atoms with Crippen molar-refractivity contribution < 1.29 is 22.5 Å². The number of hydrogen-bond acceptors (Lipinski definition) is 3. The van der Waals surface area contributed by atoms with Gasteiger partial charge in [0.15, 0.2) is 0 Å². The summed E-state index contributed by atoms with van der Waals surface area (Å²) < 4.78 is 38.9. The van der Waals surface area contributed by atoms with Crippen molar-refractivity contribution in [1.29, 1.82) is 0 Å². The van der Waals surface area contributed by atoms with Gasteiger partial charge in [0, 0.05) is 6.26 Å². The molecule has 6 heteroatoms. The molecular formula is C5H8F2O3S. The number of halogens is 2. The third-order valence-electron chi connectivity index (χ3n) is 0.874. The van der Waals surface area contributed by atoms with E-state index in [-0.39, 0.29) is 6.61 Å². The summed E-state index contributed by atoms with van der Waals surface area (Å²) in [6.07, 6.45) is 0.747. The summed E-state index contributed by atoms with van der Waals surface area (Å²) in [5.41, 5.74) is 0.